The number of phenols is 1. The fraction of sp³-hybridized carbons (Fsp3) is 0.571. The normalized spacial score (nSPS) is 26.8. The zero-order valence-electron chi connectivity index (χ0n) is 18.1. The highest BCUT2D eigenvalue weighted by atomic mass is 16.7. The quantitative estimate of drug-likeness (QED) is 0.190. The van der Waals surface area contributed by atoms with Gasteiger partial charge in [0, 0.05) is 32.2 Å². The van der Waals surface area contributed by atoms with E-state index in [0.717, 1.165) is 0 Å². The molecule has 2 rings (SSSR count). The van der Waals surface area contributed by atoms with Gasteiger partial charge in [-0.3, -0.25) is 9.59 Å². The first-order chi connectivity index (χ1) is 15.4. The first kappa shape index (κ1) is 26.5. The molecule has 0 spiro atoms. The maximum atomic E-state index is 12.2. The number of carbonyl (C=O) groups is 3. The average molecular weight is 470 g/mol. The van der Waals surface area contributed by atoms with Crippen molar-refractivity contribution in [1.29, 1.82) is 0 Å². The second kappa shape index (κ2) is 11.4. The third-order valence-corrected chi connectivity index (χ3v) is 5.34. The minimum atomic E-state index is -2.67. The summed E-state index contributed by atoms with van der Waals surface area (Å²) in [5.41, 5.74) is 6.51. The molecule has 0 aromatic heterocycles. The molecule has 0 bridgehead atoms. The number of carboxylic acid groups (broad SMARTS) is 1. The molecule has 4 unspecified atom stereocenters. The molecule has 1 aromatic rings. The van der Waals surface area contributed by atoms with Crippen molar-refractivity contribution < 1.29 is 49.4 Å². The van der Waals surface area contributed by atoms with Crippen LogP contribution in [0, 0.1) is 5.92 Å². The van der Waals surface area contributed by atoms with Crippen molar-refractivity contribution in [2.75, 3.05) is 13.2 Å². The summed E-state index contributed by atoms with van der Waals surface area (Å²) in [7, 11) is 0. The number of phenolic OH excluding ortho intramolecular Hbond substituents is 1. The SMILES string of the molecule is CC(=O)NCC1C(O)CC(O)(C(=O)O)OC1C[C@H](O)COC(=O)[C@H](N)Cc1ccc(O)cc1. The second-order valence-electron chi connectivity index (χ2n) is 8.11. The lowest BCUT2D eigenvalue weighted by molar-refractivity contribution is -0.287. The van der Waals surface area contributed by atoms with Crippen molar-refractivity contribution in [1.82, 2.24) is 5.32 Å². The number of hydrogen-bond donors (Lipinski definition) is 7. The van der Waals surface area contributed by atoms with E-state index < -0.39 is 66.9 Å². The number of nitrogens with two attached hydrogens (primary N) is 1. The van der Waals surface area contributed by atoms with Gasteiger partial charge in [0.15, 0.2) is 0 Å². The van der Waals surface area contributed by atoms with Gasteiger partial charge in [-0.1, -0.05) is 12.1 Å². The Balaban J connectivity index is 1.95. The van der Waals surface area contributed by atoms with E-state index >= 15 is 0 Å². The molecule has 184 valence electrons. The lowest BCUT2D eigenvalue weighted by Gasteiger charge is -2.43. The van der Waals surface area contributed by atoms with Crippen LogP contribution in [0.15, 0.2) is 24.3 Å². The summed E-state index contributed by atoms with van der Waals surface area (Å²) in [6.07, 6.45) is -4.62. The van der Waals surface area contributed by atoms with Crippen LogP contribution in [-0.4, -0.2) is 86.7 Å². The van der Waals surface area contributed by atoms with E-state index in [-0.39, 0.29) is 25.1 Å². The van der Waals surface area contributed by atoms with Crippen LogP contribution in [-0.2, 0) is 30.3 Å². The van der Waals surface area contributed by atoms with E-state index in [0.29, 0.717) is 5.56 Å². The van der Waals surface area contributed by atoms with Crippen molar-refractivity contribution in [3.63, 3.8) is 0 Å². The second-order valence-corrected chi connectivity index (χ2v) is 8.11. The van der Waals surface area contributed by atoms with E-state index in [4.69, 9.17) is 15.2 Å². The van der Waals surface area contributed by atoms with E-state index in [9.17, 15) is 39.9 Å². The molecule has 6 atom stereocenters. The Morgan fingerprint density at radius 1 is 1.30 bits per heavy atom. The number of benzene rings is 1. The average Bonchev–Trinajstić information content (AvgIpc) is 2.72. The maximum Gasteiger partial charge on any atom is 0.364 e. The molecule has 12 heteroatoms. The van der Waals surface area contributed by atoms with E-state index in [2.05, 4.69) is 5.32 Å². The van der Waals surface area contributed by atoms with Gasteiger partial charge in [0.1, 0.15) is 18.4 Å². The fourth-order valence-corrected chi connectivity index (χ4v) is 3.55. The number of carbonyl (C=O) groups excluding carboxylic acids is 2. The Hall–Kier alpha value is -2.77. The van der Waals surface area contributed by atoms with Gasteiger partial charge >= 0.3 is 11.9 Å². The summed E-state index contributed by atoms with van der Waals surface area (Å²) in [6.45, 7) is 0.686. The molecule has 0 saturated carbocycles. The van der Waals surface area contributed by atoms with Crippen LogP contribution in [0.3, 0.4) is 0 Å². The molecule has 1 heterocycles. The van der Waals surface area contributed by atoms with Gasteiger partial charge in [0.2, 0.25) is 5.91 Å². The molecule has 33 heavy (non-hydrogen) atoms. The minimum Gasteiger partial charge on any atom is -0.508 e. The van der Waals surface area contributed by atoms with Crippen molar-refractivity contribution in [2.24, 2.45) is 11.7 Å². The molecular formula is C21H30N2O10. The Morgan fingerprint density at radius 2 is 1.94 bits per heavy atom. The first-order valence-corrected chi connectivity index (χ1v) is 10.4. The zero-order chi connectivity index (χ0) is 24.8. The van der Waals surface area contributed by atoms with Crippen LogP contribution in [0.4, 0.5) is 0 Å². The number of aliphatic hydroxyl groups is 3. The van der Waals surface area contributed by atoms with E-state index in [1.807, 2.05) is 0 Å². The molecule has 1 aromatic carbocycles. The Labute approximate surface area is 189 Å². The third-order valence-electron chi connectivity index (χ3n) is 5.34. The highest BCUT2D eigenvalue weighted by Crippen LogP contribution is 2.33. The number of carboxylic acids is 1. The van der Waals surface area contributed by atoms with Gasteiger partial charge in [0.25, 0.3) is 5.79 Å². The van der Waals surface area contributed by atoms with Crippen molar-refractivity contribution in [3.8, 4) is 5.75 Å². The highest BCUT2D eigenvalue weighted by Gasteiger charge is 2.50. The zero-order valence-corrected chi connectivity index (χ0v) is 18.1. The van der Waals surface area contributed by atoms with Crippen LogP contribution in [0.1, 0.15) is 25.3 Å². The summed E-state index contributed by atoms with van der Waals surface area (Å²) in [5.74, 6) is -6.30. The van der Waals surface area contributed by atoms with Crippen molar-refractivity contribution >= 4 is 17.8 Å². The molecular weight excluding hydrogens is 440 g/mol. The molecule has 1 saturated heterocycles. The predicted molar refractivity (Wildman–Crippen MR) is 112 cm³/mol. The molecule has 8 N–H and O–H groups in total. The van der Waals surface area contributed by atoms with Crippen LogP contribution < -0.4 is 11.1 Å². The van der Waals surface area contributed by atoms with Gasteiger partial charge in [-0.15, -0.1) is 0 Å². The number of ether oxygens (including phenoxy) is 2. The summed E-state index contributed by atoms with van der Waals surface area (Å²) in [5, 5.41) is 51.9. The van der Waals surface area contributed by atoms with Crippen LogP contribution in [0.2, 0.25) is 0 Å². The highest BCUT2D eigenvalue weighted by molar-refractivity contribution is 5.76. The Bertz CT molecular complexity index is 833. The van der Waals surface area contributed by atoms with Gasteiger partial charge in [0.05, 0.1) is 18.3 Å². The first-order valence-electron chi connectivity index (χ1n) is 10.4. The standard InChI is InChI=1S/C21H30N2O10/c1-11(24)23-9-15-17(27)8-21(31,20(29)30)33-18(15)7-14(26)10-32-19(28)16(22)6-12-2-4-13(25)5-3-12/h2-5,14-18,25-27,31H,6-10,22H2,1H3,(H,23,24)(H,29,30)/t14-,15?,16+,17?,18?,21?/m0/s1. The number of aliphatic hydroxyl groups excluding tert-OH is 2. The summed E-state index contributed by atoms with van der Waals surface area (Å²) in [4.78, 5) is 34.8. The largest absolute Gasteiger partial charge is 0.508 e. The fourth-order valence-electron chi connectivity index (χ4n) is 3.55. The number of rotatable bonds is 10. The monoisotopic (exact) mass is 470 g/mol. The maximum absolute atomic E-state index is 12.2. The van der Waals surface area contributed by atoms with E-state index in [1.165, 1.54) is 19.1 Å². The number of hydrogen-bond acceptors (Lipinski definition) is 10. The summed E-state index contributed by atoms with van der Waals surface area (Å²) < 4.78 is 10.3. The topological polar surface area (TPSA) is 209 Å². The van der Waals surface area contributed by atoms with E-state index in [1.54, 1.807) is 12.1 Å². The van der Waals surface area contributed by atoms with Crippen molar-refractivity contribution in [2.45, 2.75) is 56.3 Å². The number of nitrogens with one attached hydrogen (secondary N) is 1. The van der Waals surface area contributed by atoms with Gasteiger partial charge in [-0.05, 0) is 24.1 Å². The lowest BCUT2D eigenvalue weighted by Crippen LogP contribution is -2.58. The molecule has 1 aliphatic rings. The number of aromatic hydroxyl groups is 1. The minimum absolute atomic E-state index is 0.0691. The van der Waals surface area contributed by atoms with Crippen LogP contribution in [0.5, 0.6) is 5.75 Å². The van der Waals surface area contributed by atoms with Crippen LogP contribution >= 0.6 is 0 Å². The molecule has 1 aliphatic heterocycles. The van der Waals surface area contributed by atoms with Gasteiger partial charge in [-0.2, -0.15) is 0 Å². The lowest BCUT2D eigenvalue weighted by atomic mass is 9.84. The number of aliphatic carboxylic acids is 1. The molecule has 0 aliphatic carbocycles. The molecule has 12 nitrogen and oxygen atoms in total. The summed E-state index contributed by atoms with van der Waals surface area (Å²) in [6, 6.07) is 5.07. The molecule has 0 radical (unpaired) electrons. The van der Waals surface area contributed by atoms with Gasteiger partial charge in [-0.25, -0.2) is 4.79 Å². The molecule has 1 amide bonds. The van der Waals surface area contributed by atoms with Gasteiger partial charge < -0.3 is 46.1 Å². The third kappa shape index (κ3) is 7.65. The van der Waals surface area contributed by atoms with Crippen molar-refractivity contribution in [3.05, 3.63) is 29.8 Å². The summed E-state index contributed by atoms with van der Waals surface area (Å²) >= 11 is 0. The Morgan fingerprint density at radius 3 is 2.52 bits per heavy atom. The van der Waals surface area contributed by atoms with Crippen LogP contribution in [0.25, 0.3) is 0 Å². The number of amides is 1. The Kier molecular flexibility index (Phi) is 9.14. The predicted octanol–water partition coefficient (Wildman–Crippen LogP) is -1.77. The molecule has 1 fully saturated rings. The smallest absolute Gasteiger partial charge is 0.364 e. The number of esters is 1.